The Morgan fingerprint density at radius 2 is 1.50 bits per heavy atom. The summed E-state index contributed by atoms with van der Waals surface area (Å²) in [5.41, 5.74) is 1.84. The highest BCUT2D eigenvalue weighted by atomic mass is 16.3. The number of hydrogen-bond acceptors (Lipinski definition) is 2. The summed E-state index contributed by atoms with van der Waals surface area (Å²) in [4.78, 5) is 1.73. The molecule has 0 aliphatic rings. The first-order valence-electron chi connectivity index (χ1n) is 5.80. The zero-order valence-corrected chi connectivity index (χ0v) is 10.2. The molecule has 2 nitrogen and oxygen atoms in total. The van der Waals surface area contributed by atoms with Crippen LogP contribution < -0.4 is 4.90 Å². The smallest absolute Gasteiger partial charge is 0.191 e. The van der Waals surface area contributed by atoms with E-state index in [-0.39, 0.29) is 0 Å². The van der Waals surface area contributed by atoms with Crippen molar-refractivity contribution in [1.29, 1.82) is 0 Å². The van der Waals surface area contributed by atoms with Crippen molar-refractivity contribution in [2.45, 2.75) is 6.23 Å². The maximum Gasteiger partial charge on any atom is 0.191 e. The molecule has 0 aliphatic carbocycles. The first-order chi connectivity index (χ1) is 8.77. The number of hydrogen-bond donors (Lipinski definition) is 1. The van der Waals surface area contributed by atoms with Crippen LogP contribution in [0.2, 0.25) is 0 Å². The number of aliphatic hydroxyl groups is 1. The van der Waals surface area contributed by atoms with Gasteiger partial charge in [-0.15, -0.1) is 0 Å². The second-order valence-corrected chi connectivity index (χ2v) is 3.96. The molecule has 2 rings (SSSR count). The van der Waals surface area contributed by atoms with Crippen LogP contribution in [0.3, 0.4) is 0 Å². The molecule has 0 saturated heterocycles. The van der Waals surface area contributed by atoms with Crippen LogP contribution in [0.5, 0.6) is 0 Å². The Labute approximate surface area is 108 Å². The molecule has 0 heterocycles. The van der Waals surface area contributed by atoms with Gasteiger partial charge < -0.3 is 10.0 Å². The van der Waals surface area contributed by atoms with Crippen LogP contribution in [-0.4, -0.2) is 18.4 Å². The van der Waals surface area contributed by atoms with Gasteiger partial charge in [0.05, 0.1) is 0 Å². The molecule has 2 aromatic carbocycles. The zero-order chi connectivity index (χ0) is 12.8. The van der Waals surface area contributed by atoms with Gasteiger partial charge in [-0.3, -0.25) is 0 Å². The van der Waals surface area contributed by atoms with E-state index in [1.54, 1.807) is 4.90 Å². The van der Waals surface area contributed by atoms with Gasteiger partial charge in [-0.2, -0.15) is 0 Å². The lowest BCUT2D eigenvalue weighted by Crippen LogP contribution is -2.29. The van der Waals surface area contributed by atoms with Crippen LogP contribution in [0.25, 0.3) is 0 Å². The Morgan fingerprint density at radius 3 is 2.11 bits per heavy atom. The molecule has 1 N–H and O–H groups in total. The van der Waals surface area contributed by atoms with E-state index in [4.69, 9.17) is 0 Å². The zero-order valence-electron chi connectivity index (χ0n) is 10.2. The molecule has 2 aromatic rings. The lowest BCUT2D eigenvalue weighted by molar-refractivity contribution is 0.233. The molecule has 0 spiro atoms. The molecule has 0 amide bonds. The molecule has 0 saturated carbocycles. The van der Waals surface area contributed by atoms with Gasteiger partial charge in [0.15, 0.2) is 6.23 Å². The number of anilines is 1. The van der Waals surface area contributed by atoms with E-state index in [1.807, 2.05) is 67.7 Å². The van der Waals surface area contributed by atoms with Crippen molar-refractivity contribution in [3.8, 4) is 11.8 Å². The maximum absolute atomic E-state index is 9.98. The van der Waals surface area contributed by atoms with Crippen LogP contribution in [0, 0.1) is 11.8 Å². The van der Waals surface area contributed by atoms with Crippen molar-refractivity contribution in [3.63, 3.8) is 0 Å². The fourth-order valence-electron chi connectivity index (χ4n) is 1.57. The molecule has 0 radical (unpaired) electrons. The molecule has 0 fully saturated rings. The van der Waals surface area contributed by atoms with Crippen molar-refractivity contribution in [2.75, 3.05) is 11.9 Å². The van der Waals surface area contributed by atoms with Crippen molar-refractivity contribution in [1.82, 2.24) is 0 Å². The second-order valence-electron chi connectivity index (χ2n) is 3.96. The second kappa shape index (κ2) is 5.90. The fourth-order valence-corrected chi connectivity index (χ4v) is 1.57. The van der Waals surface area contributed by atoms with E-state index in [1.165, 1.54) is 0 Å². The maximum atomic E-state index is 9.98. The minimum Gasteiger partial charge on any atom is -0.363 e. The molecular formula is C16H15NO. The van der Waals surface area contributed by atoms with Crippen molar-refractivity contribution < 1.29 is 5.11 Å². The summed E-state index contributed by atoms with van der Waals surface area (Å²) in [6.07, 6.45) is -0.812. The van der Waals surface area contributed by atoms with Gasteiger partial charge in [0.2, 0.25) is 0 Å². The number of benzene rings is 2. The quantitative estimate of drug-likeness (QED) is 0.641. The molecule has 90 valence electrons. The summed E-state index contributed by atoms with van der Waals surface area (Å²) in [6, 6.07) is 19.3. The van der Waals surface area contributed by atoms with Gasteiger partial charge in [-0.05, 0) is 30.2 Å². The third-order valence-electron chi connectivity index (χ3n) is 2.65. The molecule has 18 heavy (non-hydrogen) atoms. The molecule has 1 atom stereocenters. The van der Waals surface area contributed by atoms with E-state index in [0.717, 1.165) is 11.3 Å². The van der Waals surface area contributed by atoms with Crippen molar-refractivity contribution in [2.24, 2.45) is 0 Å². The minimum absolute atomic E-state index is 0.812. The third kappa shape index (κ3) is 3.13. The summed E-state index contributed by atoms with van der Waals surface area (Å²) in [5.74, 6) is 5.78. The first-order valence-corrected chi connectivity index (χ1v) is 5.80. The molecule has 1 unspecified atom stereocenters. The Bertz CT molecular complexity index is 540. The Hall–Kier alpha value is -2.24. The van der Waals surface area contributed by atoms with E-state index < -0.39 is 6.23 Å². The summed E-state index contributed by atoms with van der Waals surface area (Å²) < 4.78 is 0. The van der Waals surface area contributed by atoms with E-state index in [9.17, 15) is 5.11 Å². The van der Waals surface area contributed by atoms with E-state index in [0.29, 0.717) is 0 Å². The van der Waals surface area contributed by atoms with Crippen LogP contribution >= 0.6 is 0 Å². The predicted molar refractivity (Wildman–Crippen MR) is 74.2 cm³/mol. The number of rotatable bonds is 2. The Kier molecular flexibility index (Phi) is 4.01. The highest BCUT2D eigenvalue weighted by Crippen LogP contribution is 2.12. The molecule has 0 aliphatic heterocycles. The highest BCUT2D eigenvalue weighted by Gasteiger charge is 2.07. The Balaban J connectivity index is 2.09. The predicted octanol–water partition coefficient (Wildman–Crippen LogP) is 2.49. The number of nitrogens with zero attached hydrogens (tertiary/aromatic N) is 1. The van der Waals surface area contributed by atoms with E-state index in [2.05, 4.69) is 11.8 Å². The minimum atomic E-state index is -0.812. The van der Waals surface area contributed by atoms with Gasteiger partial charge in [0.25, 0.3) is 0 Å². The lowest BCUT2D eigenvalue weighted by Gasteiger charge is -2.21. The topological polar surface area (TPSA) is 23.5 Å². The van der Waals surface area contributed by atoms with Crippen LogP contribution in [0.1, 0.15) is 5.56 Å². The first kappa shape index (κ1) is 12.2. The Morgan fingerprint density at radius 1 is 0.944 bits per heavy atom. The standard InChI is InChI=1S/C16H15NO/c1-17(15-10-6-3-7-11-15)16(18)13-12-14-8-4-2-5-9-14/h2-11,16,18H,1H3. The molecule has 0 bridgehead atoms. The number of para-hydroxylation sites is 1. The molecule has 2 heteroatoms. The van der Waals surface area contributed by atoms with Crippen LogP contribution in [-0.2, 0) is 0 Å². The van der Waals surface area contributed by atoms with Gasteiger partial charge in [-0.25, -0.2) is 0 Å². The highest BCUT2D eigenvalue weighted by molar-refractivity contribution is 5.48. The summed E-state index contributed by atoms with van der Waals surface area (Å²) >= 11 is 0. The number of aliphatic hydroxyl groups excluding tert-OH is 1. The van der Waals surface area contributed by atoms with Crippen LogP contribution in [0.15, 0.2) is 60.7 Å². The lowest BCUT2D eigenvalue weighted by atomic mass is 10.2. The fraction of sp³-hybridized carbons (Fsp3) is 0.125. The normalized spacial score (nSPS) is 11.2. The van der Waals surface area contributed by atoms with Crippen molar-refractivity contribution >= 4 is 5.69 Å². The van der Waals surface area contributed by atoms with Crippen LogP contribution in [0.4, 0.5) is 5.69 Å². The largest absolute Gasteiger partial charge is 0.363 e. The third-order valence-corrected chi connectivity index (χ3v) is 2.65. The van der Waals surface area contributed by atoms with E-state index >= 15 is 0 Å². The summed E-state index contributed by atoms with van der Waals surface area (Å²) in [5, 5.41) is 9.98. The average molecular weight is 237 g/mol. The summed E-state index contributed by atoms with van der Waals surface area (Å²) in [7, 11) is 1.82. The van der Waals surface area contributed by atoms with Gasteiger partial charge >= 0.3 is 0 Å². The van der Waals surface area contributed by atoms with Crippen molar-refractivity contribution in [3.05, 3.63) is 66.2 Å². The monoisotopic (exact) mass is 237 g/mol. The van der Waals surface area contributed by atoms with Gasteiger partial charge in [0, 0.05) is 18.3 Å². The van der Waals surface area contributed by atoms with Gasteiger partial charge in [0.1, 0.15) is 0 Å². The summed E-state index contributed by atoms with van der Waals surface area (Å²) in [6.45, 7) is 0. The molecular weight excluding hydrogens is 222 g/mol. The SMILES string of the molecule is CN(c1ccccc1)C(O)C#Cc1ccccc1. The molecule has 0 aromatic heterocycles. The van der Waals surface area contributed by atoms with Gasteiger partial charge in [-0.1, -0.05) is 42.3 Å². The average Bonchev–Trinajstić information content (AvgIpc) is 2.46.